The molecule has 0 bridgehead atoms. The monoisotopic (exact) mass is 444 g/mol. The molecule has 164 valence electrons. The molecule has 0 saturated heterocycles. The van der Waals surface area contributed by atoms with Gasteiger partial charge in [0.2, 0.25) is 0 Å². The lowest BCUT2D eigenvalue weighted by Gasteiger charge is -2.26. The molecule has 0 radical (unpaired) electrons. The molecule has 2 amide bonds. The predicted molar refractivity (Wildman–Crippen MR) is 108 cm³/mol. The quantitative estimate of drug-likeness (QED) is 0.627. The number of nitrogens with one attached hydrogen (secondary N) is 1. The van der Waals surface area contributed by atoms with Crippen molar-refractivity contribution in [2.45, 2.75) is 26.6 Å². The Morgan fingerprint density at radius 1 is 1.13 bits per heavy atom. The first kappa shape index (κ1) is 23.5. The van der Waals surface area contributed by atoms with Crippen LogP contribution in [0.25, 0.3) is 0 Å². The molecule has 2 aromatic rings. The van der Waals surface area contributed by atoms with Crippen LogP contribution >= 0.6 is 0 Å². The molecular formula is C20H23F3N2O4S. The molecule has 0 atom stereocenters. The zero-order chi connectivity index (χ0) is 22.5. The highest BCUT2D eigenvalue weighted by atomic mass is 32.2. The summed E-state index contributed by atoms with van der Waals surface area (Å²) in [6.45, 7) is 4.07. The van der Waals surface area contributed by atoms with E-state index in [0.29, 0.717) is 5.56 Å². The zero-order valence-corrected chi connectivity index (χ0v) is 17.5. The van der Waals surface area contributed by atoms with Crippen LogP contribution in [0.2, 0.25) is 0 Å². The number of anilines is 1. The third-order valence-corrected chi connectivity index (χ3v) is 4.36. The first-order chi connectivity index (χ1) is 13.8. The van der Waals surface area contributed by atoms with Crippen molar-refractivity contribution in [3.05, 3.63) is 59.7 Å². The summed E-state index contributed by atoms with van der Waals surface area (Å²) in [4.78, 5) is 14.1. The average Bonchev–Trinajstić information content (AvgIpc) is 2.59. The van der Waals surface area contributed by atoms with Crippen LogP contribution in [-0.4, -0.2) is 32.1 Å². The number of hydrogen-bond donors (Lipinski definition) is 1. The fourth-order valence-corrected chi connectivity index (χ4v) is 3.24. The van der Waals surface area contributed by atoms with E-state index in [9.17, 15) is 26.4 Å². The molecule has 0 saturated carbocycles. The van der Waals surface area contributed by atoms with Crippen LogP contribution in [0.5, 0.6) is 5.75 Å². The first-order valence-electron chi connectivity index (χ1n) is 9.05. The normalized spacial score (nSPS) is 12.0. The van der Waals surface area contributed by atoms with Crippen molar-refractivity contribution in [3.63, 3.8) is 0 Å². The molecule has 0 heterocycles. The second kappa shape index (κ2) is 9.38. The van der Waals surface area contributed by atoms with E-state index in [2.05, 4.69) is 5.32 Å². The molecule has 0 unspecified atom stereocenters. The Morgan fingerprint density at radius 2 is 1.80 bits per heavy atom. The molecule has 10 heteroatoms. The maximum Gasteiger partial charge on any atom is 0.418 e. The molecule has 2 aromatic carbocycles. The van der Waals surface area contributed by atoms with Crippen LogP contribution in [0.1, 0.15) is 25.0 Å². The van der Waals surface area contributed by atoms with Gasteiger partial charge in [0.05, 0.1) is 17.5 Å². The summed E-state index contributed by atoms with van der Waals surface area (Å²) in [6, 6.07) is 10.2. The van der Waals surface area contributed by atoms with Gasteiger partial charge < -0.3 is 14.4 Å². The van der Waals surface area contributed by atoms with E-state index in [1.165, 1.54) is 35.2 Å². The molecule has 0 aromatic heterocycles. The van der Waals surface area contributed by atoms with Crippen LogP contribution in [0.4, 0.5) is 23.7 Å². The van der Waals surface area contributed by atoms with E-state index in [-0.39, 0.29) is 30.4 Å². The maximum absolute atomic E-state index is 13.2. The number of carbonyl (C=O) groups excluding carboxylic acids is 1. The Morgan fingerprint density at radius 3 is 2.40 bits per heavy atom. The van der Waals surface area contributed by atoms with Crippen molar-refractivity contribution >= 4 is 21.8 Å². The summed E-state index contributed by atoms with van der Waals surface area (Å²) in [5, 5.41) is 2.34. The van der Waals surface area contributed by atoms with Crippen molar-refractivity contribution in [1.82, 2.24) is 4.90 Å². The lowest BCUT2D eigenvalue weighted by Crippen LogP contribution is -2.37. The third-order valence-electron chi connectivity index (χ3n) is 3.87. The summed E-state index contributed by atoms with van der Waals surface area (Å²) in [6.07, 6.45) is -3.69. The topological polar surface area (TPSA) is 75.7 Å². The molecule has 0 aliphatic heterocycles. The minimum Gasteiger partial charge on any atom is -0.383 e. The zero-order valence-electron chi connectivity index (χ0n) is 16.7. The van der Waals surface area contributed by atoms with Gasteiger partial charge in [-0.3, -0.25) is 0 Å². The summed E-state index contributed by atoms with van der Waals surface area (Å²) in [5.41, 5.74) is -0.708. The fraction of sp³-hybridized carbons (Fsp3) is 0.350. The van der Waals surface area contributed by atoms with Gasteiger partial charge in [-0.1, -0.05) is 38.1 Å². The van der Waals surface area contributed by atoms with E-state index in [4.69, 9.17) is 4.18 Å². The Balaban J connectivity index is 2.25. The van der Waals surface area contributed by atoms with Crippen molar-refractivity contribution in [2.75, 3.05) is 18.1 Å². The number of hydrogen-bond acceptors (Lipinski definition) is 4. The van der Waals surface area contributed by atoms with Gasteiger partial charge in [-0.2, -0.15) is 21.6 Å². The van der Waals surface area contributed by atoms with E-state index < -0.39 is 27.9 Å². The largest absolute Gasteiger partial charge is 0.418 e. The van der Waals surface area contributed by atoms with Crippen molar-refractivity contribution in [3.8, 4) is 5.75 Å². The Hall–Kier alpha value is -2.75. The Labute approximate surface area is 173 Å². The van der Waals surface area contributed by atoms with Crippen molar-refractivity contribution < 1.29 is 30.6 Å². The van der Waals surface area contributed by atoms with Crippen LogP contribution in [0.15, 0.2) is 48.5 Å². The smallest absolute Gasteiger partial charge is 0.383 e. The standard InChI is InChI=1S/C20H23F3N2O4S/c1-14(2)12-25(13-15-7-6-8-16(11-15)29-30(3,27)28)19(26)24-18-10-5-4-9-17(18)20(21,22)23/h4-11,14H,12-13H2,1-3H3,(H,24,26). The van der Waals surface area contributed by atoms with Gasteiger partial charge >= 0.3 is 22.3 Å². The second-order valence-corrected chi connectivity index (χ2v) is 8.76. The SMILES string of the molecule is CC(C)CN(Cc1cccc(OS(C)(=O)=O)c1)C(=O)Nc1ccccc1C(F)(F)F. The number of carbonyl (C=O) groups is 1. The number of alkyl halides is 3. The van der Waals surface area contributed by atoms with Crippen LogP contribution < -0.4 is 9.50 Å². The number of urea groups is 1. The summed E-state index contributed by atoms with van der Waals surface area (Å²) in [7, 11) is -3.72. The fourth-order valence-electron chi connectivity index (χ4n) is 2.78. The lowest BCUT2D eigenvalue weighted by atomic mass is 10.1. The van der Waals surface area contributed by atoms with Gasteiger partial charge in [0.15, 0.2) is 0 Å². The van der Waals surface area contributed by atoms with Gasteiger partial charge in [0.25, 0.3) is 0 Å². The number of nitrogens with zero attached hydrogens (tertiary/aromatic N) is 1. The van der Waals surface area contributed by atoms with Gasteiger partial charge in [-0.05, 0) is 35.7 Å². The highest BCUT2D eigenvalue weighted by molar-refractivity contribution is 7.86. The van der Waals surface area contributed by atoms with Crippen molar-refractivity contribution in [2.24, 2.45) is 5.92 Å². The number of halogens is 3. The van der Waals surface area contributed by atoms with Crippen LogP contribution in [0, 0.1) is 5.92 Å². The van der Waals surface area contributed by atoms with E-state index in [1.54, 1.807) is 12.1 Å². The van der Waals surface area contributed by atoms with Gasteiger partial charge in [-0.25, -0.2) is 4.79 Å². The Bertz CT molecular complexity index is 992. The Kier molecular flexibility index (Phi) is 7.35. The van der Waals surface area contributed by atoms with E-state index in [0.717, 1.165) is 12.3 Å². The molecule has 0 spiro atoms. The third kappa shape index (κ3) is 7.25. The van der Waals surface area contributed by atoms with E-state index >= 15 is 0 Å². The summed E-state index contributed by atoms with van der Waals surface area (Å²) >= 11 is 0. The molecule has 0 aliphatic carbocycles. The molecule has 30 heavy (non-hydrogen) atoms. The molecule has 1 N–H and O–H groups in total. The first-order valence-corrected chi connectivity index (χ1v) is 10.9. The number of rotatable bonds is 7. The number of amides is 2. The molecule has 0 aliphatic rings. The minimum atomic E-state index is -4.61. The van der Waals surface area contributed by atoms with Crippen molar-refractivity contribution in [1.29, 1.82) is 0 Å². The van der Waals surface area contributed by atoms with Gasteiger partial charge in [0.1, 0.15) is 5.75 Å². The van der Waals surface area contributed by atoms with E-state index in [1.807, 2.05) is 13.8 Å². The van der Waals surface area contributed by atoms with Crippen LogP contribution in [-0.2, 0) is 22.8 Å². The van der Waals surface area contributed by atoms with Gasteiger partial charge in [-0.15, -0.1) is 0 Å². The lowest BCUT2D eigenvalue weighted by molar-refractivity contribution is -0.136. The maximum atomic E-state index is 13.2. The second-order valence-electron chi connectivity index (χ2n) is 7.18. The number of para-hydroxylation sites is 1. The molecule has 2 rings (SSSR count). The predicted octanol–water partition coefficient (Wildman–Crippen LogP) is 4.73. The highest BCUT2D eigenvalue weighted by Crippen LogP contribution is 2.34. The molecular weight excluding hydrogens is 421 g/mol. The number of benzene rings is 2. The average molecular weight is 444 g/mol. The molecule has 0 fully saturated rings. The minimum absolute atomic E-state index is 0.0454. The summed E-state index contributed by atoms with van der Waals surface area (Å²) in [5.74, 6) is 0.131. The summed E-state index contributed by atoms with van der Waals surface area (Å²) < 4.78 is 67.1. The van der Waals surface area contributed by atoms with Gasteiger partial charge in [0, 0.05) is 13.1 Å². The molecule has 6 nitrogen and oxygen atoms in total. The highest BCUT2D eigenvalue weighted by Gasteiger charge is 2.34. The van der Waals surface area contributed by atoms with Crippen LogP contribution in [0.3, 0.4) is 0 Å².